The summed E-state index contributed by atoms with van der Waals surface area (Å²) in [6.45, 7) is 4.19. The number of thioether (sulfide) groups is 1. The fraction of sp³-hybridized carbons (Fsp3) is 0.267. The van der Waals surface area contributed by atoms with Gasteiger partial charge in [0.2, 0.25) is 5.88 Å². The molecule has 11 heteroatoms. The van der Waals surface area contributed by atoms with Crippen molar-refractivity contribution in [3.8, 4) is 5.88 Å². The van der Waals surface area contributed by atoms with Crippen LogP contribution in [-0.2, 0) is 11.0 Å². The number of alkyl halides is 3. The molecule has 0 aliphatic carbocycles. The number of rotatable bonds is 7. The van der Waals surface area contributed by atoms with Gasteiger partial charge < -0.3 is 15.6 Å². The van der Waals surface area contributed by atoms with Crippen LogP contribution in [0.25, 0.3) is 0 Å². The zero-order valence-corrected chi connectivity index (χ0v) is 15.1. The van der Waals surface area contributed by atoms with E-state index in [2.05, 4.69) is 21.3 Å². The molecule has 0 saturated carbocycles. The number of hydrogen-bond acceptors (Lipinski definition) is 7. The van der Waals surface area contributed by atoms with Crippen LogP contribution >= 0.6 is 23.4 Å². The minimum atomic E-state index is -4.77. The average molecular weight is 410 g/mol. The first-order valence-electron chi connectivity index (χ1n) is 6.93. The monoisotopic (exact) mass is 409 g/mol. The Morgan fingerprint density at radius 1 is 1.50 bits per heavy atom. The molecular weight excluding hydrogens is 395 g/mol. The highest BCUT2D eigenvalue weighted by molar-refractivity contribution is 7.99. The maximum atomic E-state index is 13.0. The maximum Gasteiger partial charge on any atom is 0.433 e. The Balaban J connectivity index is 3.20. The number of hydrogen-bond donors (Lipinski definition) is 2. The molecular formula is C15H15ClF3N3O3S. The summed E-state index contributed by atoms with van der Waals surface area (Å²) in [6, 6.07) is 0.468. The van der Waals surface area contributed by atoms with Crippen LogP contribution in [0.5, 0.6) is 5.88 Å². The predicted molar refractivity (Wildman–Crippen MR) is 91.5 cm³/mol. The fourth-order valence-electron chi connectivity index (χ4n) is 1.55. The van der Waals surface area contributed by atoms with Crippen LogP contribution in [0.15, 0.2) is 46.3 Å². The van der Waals surface area contributed by atoms with E-state index in [4.69, 9.17) is 22.4 Å². The Hall–Kier alpha value is -2.04. The SMILES string of the molecule is C=C/C(Cl)=C(CSc1nc(OC(=O)CO)cc(C(F)(F)F)n1)\C(C)=C/N. The number of carbonyl (C=O) groups is 1. The number of halogens is 4. The van der Waals surface area contributed by atoms with Gasteiger partial charge in [0, 0.05) is 16.9 Å². The summed E-state index contributed by atoms with van der Waals surface area (Å²) < 4.78 is 43.5. The van der Waals surface area contributed by atoms with Crippen LogP contribution in [0.2, 0.25) is 0 Å². The average Bonchev–Trinajstić information content (AvgIpc) is 2.60. The Morgan fingerprint density at radius 3 is 2.65 bits per heavy atom. The van der Waals surface area contributed by atoms with Gasteiger partial charge in [-0.15, -0.1) is 0 Å². The van der Waals surface area contributed by atoms with E-state index in [-0.39, 0.29) is 15.9 Å². The minimum absolute atomic E-state index is 0.0963. The van der Waals surface area contributed by atoms with E-state index in [9.17, 15) is 18.0 Å². The van der Waals surface area contributed by atoms with Gasteiger partial charge in [0.25, 0.3) is 0 Å². The van der Waals surface area contributed by atoms with Crippen molar-refractivity contribution in [3.63, 3.8) is 0 Å². The highest BCUT2D eigenvalue weighted by Crippen LogP contribution is 2.32. The van der Waals surface area contributed by atoms with Gasteiger partial charge in [-0.25, -0.2) is 9.78 Å². The molecule has 0 aliphatic heterocycles. The van der Waals surface area contributed by atoms with Crippen LogP contribution in [-0.4, -0.2) is 33.4 Å². The predicted octanol–water partition coefficient (Wildman–Crippen LogP) is 3.03. The molecule has 3 N–H and O–H groups in total. The van der Waals surface area contributed by atoms with E-state index in [1.807, 2.05) is 0 Å². The zero-order valence-electron chi connectivity index (χ0n) is 13.5. The first-order chi connectivity index (χ1) is 12.1. The van der Waals surface area contributed by atoms with Crippen LogP contribution in [0.1, 0.15) is 12.6 Å². The summed E-state index contributed by atoms with van der Waals surface area (Å²) in [5, 5.41) is 8.63. The topological polar surface area (TPSA) is 98.3 Å². The summed E-state index contributed by atoms with van der Waals surface area (Å²) in [5.41, 5.74) is 5.29. The number of ether oxygens (including phenoxy) is 1. The molecule has 6 nitrogen and oxygen atoms in total. The van der Waals surface area contributed by atoms with Crippen molar-refractivity contribution in [1.29, 1.82) is 0 Å². The largest absolute Gasteiger partial charge is 0.433 e. The van der Waals surface area contributed by atoms with E-state index < -0.39 is 30.3 Å². The molecule has 0 amide bonds. The lowest BCUT2D eigenvalue weighted by molar-refractivity contribution is -0.143. The molecule has 0 aliphatic rings. The van der Waals surface area contributed by atoms with Crippen molar-refractivity contribution >= 4 is 29.3 Å². The first-order valence-corrected chi connectivity index (χ1v) is 8.29. The smallest absolute Gasteiger partial charge is 0.406 e. The summed E-state index contributed by atoms with van der Waals surface area (Å²) in [7, 11) is 0. The lowest BCUT2D eigenvalue weighted by Crippen LogP contribution is -2.16. The molecule has 1 aromatic heterocycles. The van der Waals surface area contributed by atoms with Crippen LogP contribution < -0.4 is 10.5 Å². The van der Waals surface area contributed by atoms with Crippen LogP contribution in [0, 0.1) is 0 Å². The van der Waals surface area contributed by atoms with E-state index in [1.165, 1.54) is 12.3 Å². The summed E-state index contributed by atoms with van der Waals surface area (Å²) >= 11 is 6.86. The van der Waals surface area contributed by atoms with Gasteiger partial charge in [-0.3, -0.25) is 0 Å². The Kier molecular flexibility index (Phi) is 8.12. The van der Waals surface area contributed by atoms with E-state index in [1.54, 1.807) is 6.92 Å². The van der Waals surface area contributed by atoms with E-state index >= 15 is 0 Å². The number of nitrogens with zero attached hydrogens (tertiary/aromatic N) is 2. The van der Waals surface area contributed by atoms with Crippen molar-refractivity contribution in [2.75, 3.05) is 12.4 Å². The number of nitrogens with two attached hydrogens (primary N) is 1. The van der Waals surface area contributed by atoms with Gasteiger partial charge in [-0.2, -0.15) is 18.2 Å². The molecule has 0 saturated heterocycles. The van der Waals surface area contributed by atoms with Crippen LogP contribution in [0.3, 0.4) is 0 Å². The Bertz CT molecular complexity index is 751. The minimum Gasteiger partial charge on any atom is -0.406 e. The molecule has 142 valence electrons. The van der Waals surface area contributed by atoms with E-state index in [0.717, 1.165) is 11.8 Å². The highest BCUT2D eigenvalue weighted by Gasteiger charge is 2.34. The number of aliphatic hydroxyl groups is 1. The Labute approximate surface area is 156 Å². The zero-order chi connectivity index (χ0) is 19.9. The van der Waals surface area contributed by atoms with Crippen molar-refractivity contribution in [2.45, 2.75) is 18.3 Å². The number of aromatic nitrogens is 2. The van der Waals surface area contributed by atoms with Crippen molar-refractivity contribution in [3.05, 3.63) is 46.8 Å². The van der Waals surface area contributed by atoms with Gasteiger partial charge in [0.1, 0.15) is 6.61 Å². The van der Waals surface area contributed by atoms with Crippen molar-refractivity contribution < 1.29 is 27.8 Å². The third-order valence-corrected chi connectivity index (χ3v) is 4.12. The third kappa shape index (κ3) is 6.36. The highest BCUT2D eigenvalue weighted by atomic mass is 35.5. The molecule has 26 heavy (non-hydrogen) atoms. The molecule has 0 unspecified atom stereocenters. The van der Waals surface area contributed by atoms with Crippen LogP contribution in [0.4, 0.5) is 13.2 Å². The lowest BCUT2D eigenvalue weighted by atomic mass is 10.1. The normalized spacial score (nSPS) is 13.2. The second-order valence-electron chi connectivity index (χ2n) is 4.67. The molecule has 0 bridgehead atoms. The van der Waals surface area contributed by atoms with Gasteiger partial charge in [-0.1, -0.05) is 36.0 Å². The molecule has 0 fully saturated rings. The number of esters is 1. The molecule has 1 aromatic rings. The van der Waals surface area contributed by atoms with Crippen molar-refractivity contribution in [2.24, 2.45) is 5.73 Å². The summed E-state index contributed by atoms with van der Waals surface area (Å²) in [5.74, 6) is -1.68. The van der Waals surface area contributed by atoms with Gasteiger partial charge in [-0.05, 0) is 24.3 Å². The molecule has 0 atom stereocenters. The molecule has 1 heterocycles. The molecule has 1 rings (SSSR count). The quantitative estimate of drug-likeness (QED) is 0.309. The summed E-state index contributed by atoms with van der Waals surface area (Å²) in [6.07, 6.45) is -2.11. The van der Waals surface area contributed by atoms with Gasteiger partial charge in [0.15, 0.2) is 10.9 Å². The number of carbonyl (C=O) groups excluding carboxylic acids is 1. The maximum absolute atomic E-state index is 13.0. The van der Waals surface area contributed by atoms with Gasteiger partial charge in [0.05, 0.1) is 0 Å². The third-order valence-electron chi connectivity index (χ3n) is 2.86. The van der Waals surface area contributed by atoms with E-state index in [0.29, 0.717) is 17.2 Å². The summed E-state index contributed by atoms with van der Waals surface area (Å²) in [4.78, 5) is 18.2. The van der Waals surface area contributed by atoms with Gasteiger partial charge >= 0.3 is 12.1 Å². The number of allylic oxidation sites excluding steroid dienone is 3. The fourth-order valence-corrected chi connectivity index (χ4v) is 2.82. The molecule has 0 aromatic carbocycles. The number of aliphatic hydroxyl groups excluding tert-OH is 1. The van der Waals surface area contributed by atoms with Crippen molar-refractivity contribution in [1.82, 2.24) is 9.97 Å². The second-order valence-corrected chi connectivity index (χ2v) is 6.02. The molecule has 0 spiro atoms. The molecule has 0 radical (unpaired) electrons. The lowest BCUT2D eigenvalue weighted by Gasteiger charge is -2.12. The Morgan fingerprint density at radius 2 is 2.15 bits per heavy atom. The standard InChI is InChI=1S/C15H15ClF3N3O3S/c1-3-10(16)9(8(2)5-20)7-26-14-21-11(15(17,18)19)4-12(22-14)25-13(24)6-23/h3-5,23H,1,6-7,20H2,2H3/b8-5-,10-9+. The second kappa shape index (κ2) is 9.60. The first kappa shape index (κ1) is 22.0.